The van der Waals surface area contributed by atoms with Crippen LogP contribution in [0, 0.1) is 11.7 Å². The van der Waals surface area contributed by atoms with Gasteiger partial charge in [0.2, 0.25) is 0 Å². The van der Waals surface area contributed by atoms with E-state index in [1.54, 1.807) is 0 Å². The summed E-state index contributed by atoms with van der Waals surface area (Å²) in [5.74, 6) is 0. The molecule has 4 heteroatoms. The van der Waals surface area contributed by atoms with Gasteiger partial charge in [-0.1, -0.05) is 0 Å². The minimum absolute atomic E-state index is 0.363. The van der Waals surface area contributed by atoms with Gasteiger partial charge in [0, 0.05) is 24.0 Å². The summed E-state index contributed by atoms with van der Waals surface area (Å²) in [6, 6.07) is 0.884. The van der Waals surface area contributed by atoms with Crippen molar-refractivity contribution in [3.63, 3.8) is 0 Å². The highest BCUT2D eigenvalue weighted by Gasteiger charge is 2.23. The second kappa shape index (κ2) is 3.27. The van der Waals surface area contributed by atoms with Gasteiger partial charge in [-0.3, -0.25) is 0 Å². The molecule has 1 heterocycles. The van der Waals surface area contributed by atoms with Gasteiger partial charge >= 0.3 is 0 Å². The first kappa shape index (κ1) is 8.97. The molecule has 0 aromatic carbocycles. The van der Waals surface area contributed by atoms with Gasteiger partial charge in [0.1, 0.15) is 0 Å². The first-order valence-electron chi connectivity index (χ1n) is 4.70. The number of H-pyrrole nitrogens is 1. The van der Waals surface area contributed by atoms with Crippen LogP contribution in [0.1, 0.15) is 31.0 Å². The molecule has 0 amide bonds. The first-order valence-corrected chi connectivity index (χ1v) is 5.11. The largest absolute Gasteiger partial charge is 0.335 e. The monoisotopic (exact) mass is 197 g/mol. The van der Waals surface area contributed by atoms with Crippen molar-refractivity contribution in [2.24, 2.45) is 5.73 Å². The molecule has 0 radical (unpaired) electrons. The van der Waals surface area contributed by atoms with Gasteiger partial charge in [-0.25, -0.2) is 0 Å². The molecule has 72 valence electrons. The summed E-state index contributed by atoms with van der Waals surface area (Å²) in [5.41, 5.74) is 6.99. The van der Waals surface area contributed by atoms with Crippen LogP contribution in [0.15, 0.2) is 6.20 Å². The van der Waals surface area contributed by atoms with E-state index < -0.39 is 0 Å². The Hall–Kier alpha value is -0.610. The van der Waals surface area contributed by atoms with E-state index in [-0.39, 0.29) is 0 Å². The van der Waals surface area contributed by atoms with Crippen LogP contribution in [0.2, 0.25) is 0 Å². The molecule has 0 saturated heterocycles. The van der Waals surface area contributed by atoms with Crippen molar-refractivity contribution < 1.29 is 0 Å². The molecule has 2 unspecified atom stereocenters. The lowest BCUT2D eigenvalue weighted by atomic mass is 10.2. The van der Waals surface area contributed by atoms with Crippen molar-refractivity contribution >= 4 is 12.2 Å². The van der Waals surface area contributed by atoms with Crippen molar-refractivity contribution in [1.29, 1.82) is 0 Å². The third-order valence-corrected chi connectivity index (χ3v) is 3.02. The molecule has 1 fully saturated rings. The molecule has 1 aliphatic carbocycles. The Morgan fingerprint density at radius 3 is 2.85 bits per heavy atom. The van der Waals surface area contributed by atoms with Crippen molar-refractivity contribution in [3.05, 3.63) is 16.7 Å². The van der Waals surface area contributed by atoms with Crippen molar-refractivity contribution in [1.82, 2.24) is 9.55 Å². The van der Waals surface area contributed by atoms with E-state index in [9.17, 15) is 0 Å². The Balaban J connectivity index is 2.26. The number of nitrogens with zero attached hydrogens (tertiary/aromatic N) is 1. The summed E-state index contributed by atoms with van der Waals surface area (Å²) in [5, 5.41) is 0. The topological polar surface area (TPSA) is 46.7 Å². The van der Waals surface area contributed by atoms with Gasteiger partial charge in [-0.05, 0) is 38.4 Å². The minimum Gasteiger partial charge on any atom is -0.335 e. The standard InChI is InChI=1S/C9H15N3S/c1-6-5-12(9(13)11-6)8-3-2-7(10)4-8/h5,7-8H,2-4,10H2,1H3,(H,11,13). The van der Waals surface area contributed by atoms with Crippen LogP contribution in [0.3, 0.4) is 0 Å². The van der Waals surface area contributed by atoms with Crippen LogP contribution in [0.25, 0.3) is 0 Å². The summed E-state index contributed by atoms with van der Waals surface area (Å²) in [6.07, 6.45) is 5.43. The Labute approximate surface area is 83.0 Å². The zero-order chi connectivity index (χ0) is 9.42. The molecule has 0 bridgehead atoms. The molecule has 3 nitrogen and oxygen atoms in total. The number of imidazole rings is 1. The van der Waals surface area contributed by atoms with Gasteiger partial charge in [0.05, 0.1) is 0 Å². The smallest absolute Gasteiger partial charge is 0.177 e. The zero-order valence-corrected chi connectivity index (χ0v) is 8.60. The van der Waals surface area contributed by atoms with Crippen LogP contribution in [0.5, 0.6) is 0 Å². The van der Waals surface area contributed by atoms with Crippen LogP contribution in [-0.4, -0.2) is 15.6 Å². The fourth-order valence-electron chi connectivity index (χ4n) is 2.05. The number of aromatic nitrogens is 2. The highest BCUT2D eigenvalue weighted by Crippen LogP contribution is 2.29. The lowest BCUT2D eigenvalue weighted by molar-refractivity contribution is 0.504. The second-order valence-corrected chi connectivity index (χ2v) is 4.26. The molecular weight excluding hydrogens is 182 g/mol. The third-order valence-electron chi connectivity index (χ3n) is 2.71. The summed E-state index contributed by atoms with van der Waals surface area (Å²) in [4.78, 5) is 3.14. The summed E-state index contributed by atoms with van der Waals surface area (Å²) in [6.45, 7) is 2.03. The second-order valence-electron chi connectivity index (χ2n) is 3.88. The molecule has 1 saturated carbocycles. The molecule has 1 aromatic rings. The predicted molar refractivity (Wildman–Crippen MR) is 55.2 cm³/mol. The molecule has 1 aromatic heterocycles. The van der Waals surface area contributed by atoms with E-state index in [1.807, 2.05) is 6.92 Å². The van der Waals surface area contributed by atoms with Crippen LogP contribution in [0.4, 0.5) is 0 Å². The number of aromatic amines is 1. The summed E-state index contributed by atoms with van der Waals surface area (Å²) in [7, 11) is 0. The Kier molecular flexibility index (Phi) is 2.26. The minimum atomic E-state index is 0.363. The SMILES string of the molecule is Cc1cn(C2CCC(N)C2)c(=S)[nH]1. The van der Waals surface area contributed by atoms with E-state index in [0.29, 0.717) is 12.1 Å². The fraction of sp³-hybridized carbons (Fsp3) is 0.667. The molecule has 13 heavy (non-hydrogen) atoms. The highest BCUT2D eigenvalue weighted by molar-refractivity contribution is 7.71. The van der Waals surface area contributed by atoms with Gasteiger partial charge in [0.15, 0.2) is 4.77 Å². The van der Waals surface area contributed by atoms with E-state index in [2.05, 4.69) is 15.7 Å². The van der Waals surface area contributed by atoms with Crippen LogP contribution >= 0.6 is 12.2 Å². The maximum Gasteiger partial charge on any atom is 0.177 e. The molecule has 3 N–H and O–H groups in total. The Morgan fingerprint density at radius 1 is 1.62 bits per heavy atom. The average Bonchev–Trinajstić information content (AvgIpc) is 2.58. The molecule has 2 atom stereocenters. The quantitative estimate of drug-likeness (QED) is 0.675. The fourth-order valence-corrected chi connectivity index (χ4v) is 2.41. The number of aryl methyl sites for hydroxylation is 1. The maximum absolute atomic E-state index is 5.86. The Bertz CT molecular complexity index is 352. The molecule has 1 aliphatic rings. The summed E-state index contributed by atoms with van der Waals surface area (Å²) < 4.78 is 2.98. The first-order chi connectivity index (χ1) is 6.16. The lowest BCUT2D eigenvalue weighted by Gasteiger charge is -2.10. The number of nitrogens with one attached hydrogen (secondary N) is 1. The maximum atomic E-state index is 5.86. The van der Waals surface area contributed by atoms with Crippen molar-refractivity contribution in [3.8, 4) is 0 Å². The van der Waals surface area contributed by atoms with Gasteiger partial charge in [-0.2, -0.15) is 0 Å². The number of hydrogen-bond acceptors (Lipinski definition) is 2. The van der Waals surface area contributed by atoms with E-state index in [1.165, 1.54) is 0 Å². The van der Waals surface area contributed by atoms with Crippen LogP contribution in [-0.2, 0) is 0 Å². The normalized spacial score (nSPS) is 28.2. The van der Waals surface area contributed by atoms with Gasteiger partial charge in [0.25, 0.3) is 0 Å². The van der Waals surface area contributed by atoms with Gasteiger partial charge in [-0.15, -0.1) is 0 Å². The van der Waals surface area contributed by atoms with Gasteiger partial charge < -0.3 is 15.3 Å². The van der Waals surface area contributed by atoms with Crippen LogP contribution < -0.4 is 5.73 Å². The predicted octanol–water partition coefficient (Wildman–Crippen LogP) is 1.91. The van der Waals surface area contributed by atoms with E-state index in [0.717, 1.165) is 29.7 Å². The third kappa shape index (κ3) is 1.69. The number of rotatable bonds is 1. The zero-order valence-electron chi connectivity index (χ0n) is 7.79. The highest BCUT2D eigenvalue weighted by atomic mass is 32.1. The molecule has 0 spiro atoms. The van der Waals surface area contributed by atoms with E-state index >= 15 is 0 Å². The van der Waals surface area contributed by atoms with E-state index in [4.69, 9.17) is 18.0 Å². The Morgan fingerprint density at radius 2 is 2.38 bits per heavy atom. The lowest BCUT2D eigenvalue weighted by Crippen LogP contribution is -2.15. The van der Waals surface area contributed by atoms with Crippen molar-refractivity contribution in [2.75, 3.05) is 0 Å². The molecule has 0 aliphatic heterocycles. The van der Waals surface area contributed by atoms with Crippen molar-refractivity contribution in [2.45, 2.75) is 38.3 Å². The average molecular weight is 197 g/mol. The molecular formula is C9H15N3S. The molecule has 2 rings (SSSR count). The number of hydrogen-bond donors (Lipinski definition) is 2. The number of nitrogens with two attached hydrogens (primary N) is 1. The summed E-state index contributed by atoms with van der Waals surface area (Å²) >= 11 is 5.21.